The number of benzene rings is 2. The Balaban J connectivity index is 1.77. The zero-order valence-electron chi connectivity index (χ0n) is 18.1. The van der Waals surface area contributed by atoms with E-state index in [9.17, 15) is 14.9 Å². The van der Waals surface area contributed by atoms with Gasteiger partial charge in [-0.1, -0.05) is 44.2 Å². The lowest BCUT2D eigenvalue weighted by molar-refractivity contribution is -0.384. The molecule has 0 aliphatic rings. The Kier molecular flexibility index (Phi) is 5.96. The van der Waals surface area contributed by atoms with Gasteiger partial charge in [0.05, 0.1) is 22.0 Å². The van der Waals surface area contributed by atoms with Crippen molar-refractivity contribution in [2.45, 2.75) is 40.0 Å². The number of hydrogen-bond acceptors (Lipinski definition) is 6. The second-order valence-corrected chi connectivity index (χ2v) is 8.18. The van der Waals surface area contributed by atoms with Gasteiger partial charge in [0.25, 0.3) is 11.6 Å². The highest BCUT2D eigenvalue weighted by molar-refractivity contribution is 6.00. The third-order valence-electron chi connectivity index (χ3n) is 4.86. The number of carbonyl (C=O) groups excluding carboxylic acids is 1. The highest BCUT2D eigenvalue weighted by Gasteiger charge is 2.16. The number of non-ortho nitro benzene ring substituents is 1. The number of nitro groups is 1. The molecule has 0 bridgehead atoms. The van der Waals surface area contributed by atoms with E-state index in [4.69, 9.17) is 0 Å². The first-order chi connectivity index (χ1) is 14.6. The van der Waals surface area contributed by atoms with Gasteiger partial charge in [0.15, 0.2) is 0 Å². The van der Waals surface area contributed by atoms with Gasteiger partial charge < -0.3 is 0 Å². The lowest BCUT2D eigenvalue weighted by Crippen LogP contribution is -2.20. The molecule has 0 unspecified atom stereocenters. The van der Waals surface area contributed by atoms with E-state index in [0.29, 0.717) is 28.4 Å². The first-order valence-corrected chi connectivity index (χ1v) is 9.70. The average molecular weight is 420 g/mol. The summed E-state index contributed by atoms with van der Waals surface area (Å²) >= 11 is 0. The van der Waals surface area contributed by atoms with Gasteiger partial charge in [0, 0.05) is 17.7 Å². The Morgan fingerprint density at radius 3 is 2.45 bits per heavy atom. The Bertz CT molecular complexity index is 1160. The third kappa shape index (κ3) is 4.82. The summed E-state index contributed by atoms with van der Waals surface area (Å²) < 4.78 is 1.49. The molecule has 2 aromatic carbocycles. The average Bonchev–Trinajstić information content (AvgIpc) is 3.12. The zero-order valence-corrected chi connectivity index (χ0v) is 18.1. The molecule has 1 N–H and O–H groups in total. The van der Waals surface area contributed by atoms with Crippen LogP contribution >= 0.6 is 0 Å². The smallest absolute Gasteiger partial charge is 0.267 e. The molecule has 3 aromatic rings. The van der Waals surface area contributed by atoms with Crippen LogP contribution in [-0.4, -0.2) is 31.5 Å². The molecule has 0 spiro atoms. The van der Waals surface area contributed by atoms with E-state index in [1.807, 2.05) is 12.1 Å². The van der Waals surface area contributed by atoms with Crippen LogP contribution in [0.25, 0.3) is 5.69 Å². The number of carbonyl (C=O) groups is 1. The predicted octanol–water partition coefficient (Wildman–Crippen LogP) is 3.94. The largest absolute Gasteiger partial charge is 0.271 e. The summed E-state index contributed by atoms with van der Waals surface area (Å²) in [7, 11) is 0. The molecule has 9 heteroatoms. The summed E-state index contributed by atoms with van der Waals surface area (Å²) in [5, 5.41) is 23.4. The predicted molar refractivity (Wildman–Crippen MR) is 118 cm³/mol. The van der Waals surface area contributed by atoms with Crippen LogP contribution in [0.3, 0.4) is 0 Å². The van der Waals surface area contributed by atoms with Crippen molar-refractivity contribution in [2.24, 2.45) is 5.10 Å². The van der Waals surface area contributed by atoms with Crippen LogP contribution < -0.4 is 5.43 Å². The van der Waals surface area contributed by atoms with Crippen LogP contribution in [0.4, 0.5) is 5.69 Å². The number of rotatable bonds is 5. The number of aromatic nitrogens is 3. The minimum Gasteiger partial charge on any atom is -0.267 e. The van der Waals surface area contributed by atoms with E-state index in [-0.39, 0.29) is 17.0 Å². The maximum atomic E-state index is 12.4. The fraction of sp³-hybridized carbons (Fsp3) is 0.273. The molecule has 160 valence electrons. The SMILES string of the molecule is CC(=NNC(=O)c1ccc(C(C)(C)C)cc1)c1nnn(-c2cccc([N+](=O)[O-])c2)c1C. The van der Waals surface area contributed by atoms with Crippen LogP contribution in [0.15, 0.2) is 53.6 Å². The number of nitro benzene ring substituents is 1. The maximum absolute atomic E-state index is 12.4. The maximum Gasteiger partial charge on any atom is 0.271 e. The summed E-state index contributed by atoms with van der Waals surface area (Å²) in [5.74, 6) is -0.330. The van der Waals surface area contributed by atoms with Crippen molar-refractivity contribution in [3.05, 3.63) is 81.2 Å². The minimum atomic E-state index is -0.465. The van der Waals surface area contributed by atoms with Gasteiger partial charge in [-0.15, -0.1) is 5.10 Å². The van der Waals surface area contributed by atoms with E-state index in [2.05, 4.69) is 41.6 Å². The van der Waals surface area contributed by atoms with Crippen molar-refractivity contribution >= 4 is 17.3 Å². The standard InChI is InChI=1S/C22H24N6O3/c1-14(23-25-21(29)16-9-11-17(12-10-16)22(3,4)5)20-15(2)27(26-24-20)18-7-6-8-19(13-18)28(30)31/h6-13H,1-5H3,(H,25,29). The highest BCUT2D eigenvalue weighted by Crippen LogP contribution is 2.22. The molecular weight excluding hydrogens is 396 g/mol. The van der Waals surface area contributed by atoms with E-state index in [0.717, 1.165) is 5.56 Å². The van der Waals surface area contributed by atoms with Gasteiger partial charge in [-0.3, -0.25) is 14.9 Å². The lowest BCUT2D eigenvalue weighted by Gasteiger charge is -2.18. The number of hydrazone groups is 1. The second-order valence-electron chi connectivity index (χ2n) is 8.18. The topological polar surface area (TPSA) is 115 Å². The van der Waals surface area contributed by atoms with E-state index in [1.165, 1.54) is 16.8 Å². The van der Waals surface area contributed by atoms with Crippen molar-refractivity contribution in [1.82, 2.24) is 20.4 Å². The van der Waals surface area contributed by atoms with Gasteiger partial charge in [-0.25, -0.2) is 10.1 Å². The molecule has 0 aliphatic carbocycles. The number of nitrogens with one attached hydrogen (secondary N) is 1. The monoisotopic (exact) mass is 420 g/mol. The second kappa shape index (κ2) is 8.47. The Hall–Kier alpha value is -3.88. The molecule has 0 saturated heterocycles. The molecule has 0 atom stereocenters. The van der Waals surface area contributed by atoms with E-state index < -0.39 is 4.92 Å². The Labute approximate surface area is 179 Å². The summed E-state index contributed by atoms with van der Waals surface area (Å²) in [6.07, 6.45) is 0. The van der Waals surface area contributed by atoms with Gasteiger partial charge in [0.2, 0.25) is 0 Å². The van der Waals surface area contributed by atoms with Crippen molar-refractivity contribution < 1.29 is 9.72 Å². The van der Waals surface area contributed by atoms with Crippen molar-refractivity contribution in [1.29, 1.82) is 0 Å². The summed E-state index contributed by atoms with van der Waals surface area (Å²) in [6, 6.07) is 13.5. The fourth-order valence-corrected chi connectivity index (χ4v) is 3.02. The number of amides is 1. The van der Waals surface area contributed by atoms with Gasteiger partial charge in [-0.05, 0) is 43.0 Å². The molecule has 0 aliphatic heterocycles. The van der Waals surface area contributed by atoms with Crippen molar-refractivity contribution in [3.63, 3.8) is 0 Å². The van der Waals surface area contributed by atoms with Crippen LogP contribution in [0, 0.1) is 17.0 Å². The molecule has 1 aromatic heterocycles. The minimum absolute atomic E-state index is 0.00623. The van der Waals surface area contributed by atoms with Crippen molar-refractivity contribution in [2.75, 3.05) is 0 Å². The molecule has 1 amide bonds. The molecule has 3 rings (SSSR count). The van der Waals surface area contributed by atoms with Crippen LogP contribution in [0.5, 0.6) is 0 Å². The molecule has 1 heterocycles. The van der Waals surface area contributed by atoms with Crippen LogP contribution in [-0.2, 0) is 5.41 Å². The third-order valence-corrected chi connectivity index (χ3v) is 4.86. The molecule has 9 nitrogen and oxygen atoms in total. The van der Waals surface area contributed by atoms with Crippen LogP contribution in [0.1, 0.15) is 55.0 Å². The first kappa shape index (κ1) is 21.8. The molecule has 31 heavy (non-hydrogen) atoms. The normalized spacial score (nSPS) is 12.0. The highest BCUT2D eigenvalue weighted by atomic mass is 16.6. The van der Waals surface area contributed by atoms with E-state index in [1.54, 1.807) is 38.1 Å². The zero-order chi connectivity index (χ0) is 22.8. The molecular formula is C22H24N6O3. The Morgan fingerprint density at radius 2 is 1.84 bits per heavy atom. The molecule has 0 fully saturated rings. The Morgan fingerprint density at radius 1 is 1.16 bits per heavy atom. The molecule has 0 radical (unpaired) electrons. The van der Waals surface area contributed by atoms with Gasteiger partial charge in [0.1, 0.15) is 5.69 Å². The lowest BCUT2D eigenvalue weighted by atomic mass is 9.87. The molecule has 0 saturated carbocycles. The fourth-order valence-electron chi connectivity index (χ4n) is 3.02. The quantitative estimate of drug-likeness (QED) is 0.381. The first-order valence-electron chi connectivity index (χ1n) is 9.70. The number of hydrogen-bond donors (Lipinski definition) is 1. The van der Waals surface area contributed by atoms with Crippen molar-refractivity contribution in [3.8, 4) is 5.69 Å². The van der Waals surface area contributed by atoms with Crippen LogP contribution in [0.2, 0.25) is 0 Å². The number of nitrogens with zero attached hydrogens (tertiary/aromatic N) is 5. The van der Waals surface area contributed by atoms with Gasteiger partial charge >= 0.3 is 0 Å². The van der Waals surface area contributed by atoms with Gasteiger partial charge in [-0.2, -0.15) is 5.10 Å². The summed E-state index contributed by atoms with van der Waals surface area (Å²) in [4.78, 5) is 23.0. The summed E-state index contributed by atoms with van der Waals surface area (Å²) in [6.45, 7) is 9.81. The van der Waals surface area contributed by atoms with E-state index >= 15 is 0 Å². The summed E-state index contributed by atoms with van der Waals surface area (Å²) in [5.41, 5.74) is 6.25.